The normalized spacial score (nSPS) is 13.1. The van der Waals surface area contributed by atoms with Crippen LogP contribution in [-0.4, -0.2) is 6.04 Å². The molecule has 13 heavy (non-hydrogen) atoms. The van der Waals surface area contributed by atoms with Crippen LogP contribution in [-0.2, 0) is 6.42 Å². The molecule has 2 heteroatoms. The maximum atomic E-state index is 5.96. The summed E-state index contributed by atoms with van der Waals surface area (Å²) in [4.78, 5) is 0. The first-order valence-electron chi connectivity index (χ1n) is 5.09. The van der Waals surface area contributed by atoms with Crippen molar-refractivity contribution >= 4 is 0 Å². The zero-order valence-electron chi connectivity index (χ0n) is 8.33. The number of furan rings is 1. The molecular weight excluding hydrogens is 162 g/mol. The molecule has 0 aliphatic rings. The Balaban J connectivity index is 2.14. The summed E-state index contributed by atoms with van der Waals surface area (Å²) in [5.41, 5.74) is 7.18. The first-order chi connectivity index (χ1) is 6.33. The molecule has 0 amide bonds. The topological polar surface area (TPSA) is 39.2 Å². The largest absolute Gasteiger partial charge is 0.472 e. The van der Waals surface area contributed by atoms with Crippen LogP contribution in [0.5, 0.6) is 0 Å². The number of nitrogens with two attached hydrogens (primary N) is 1. The van der Waals surface area contributed by atoms with E-state index in [1.807, 2.05) is 6.07 Å². The average molecular weight is 181 g/mol. The highest BCUT2D eigenvalue weighted by atomic mass is 16.3. The highest BCUT2D eigenvalue weighted by molar-refractivity contribution is 5.06. The molecule has 0 saturated carbocycles. The Morgan fingerprint density at radius 2 is 2.31 bits per heavy atom. The van der Waals surface area contributed by atoms with E-state index in [0.29, 0.717) is 6.04 Å². The lowest BCUT2D eigenvalue weighted by atomic mass is 10.0. The molecule has 2 nitrogen and oxygen atoms in total. The summed E-state index contributed by atoms with van der Waals surface area (Å²) in [5.74, 6) is 0. The van der Waals surface area contributed by atoms with Gasteiger partial charge in [0.15, 0.2) is 0 Å². The molecule has 0 saturated heterocycles. The van der Waals surface area contributed by atoms with Crippen LogP contribution in [0.3, 0.4) is 0 Å². The van der Waals surface area contributed by atoms with E-state index in [1.165, 1.54) is 24.8 Å². The summed E-state index contributed by atoms with van der Waals surface area (Å²) in [7, 11) is 0. The molecule has 1 heterocycles. The van der Waals surface area contributed by atoms with Gasteiger partial charge in [0.2, 0.25) is 0 Å². The lowest BCUT2D eigenvalue weighted by Crippen LogP contribution is -2.22. The fraction of sp³-hybridized carbons (Fsp3) is 0.636. The third kappa shape index (κ3) is 4.13. The van der Waals surface area contributed by atoms with Gasteiger partial charge in [-0.25, -0.2) is 0 Å². The highest BCUT2D eigenvalue weighted by Crippen LogP contribution is 2.08. The Labute approximate surface area is 80.1 Å². The third-order valence-electron chi connectivity index (χ3n) is 2.26. The van der Waals surface area contributed by atoms with Crippen LogP contribution >= 0.6 is 0 Å². The fourth-order valence-corrected chi connectivity index (χ4v) is 1.47. The third-order valence-corrected chi connectivity index (χ3v) is 2.26. The Morgan fingerprint density at radius 3 is 2.92 bits per heavy atom. The van der Waals surface area contributed by atoms with Crippen molar-refractivity contribution in [2.45, 2.75) is 45.1 Å². The lowest BCUT2D eigenvalue weighted by Gasteiger charge is -2.08. The van der Waals surface area contributed by atoms with E-state index >= 15 is 0 Å². The van der Waals surface area contributed by atoms with Crippen LogP contribution in [0.2, 0.25) is 0 Å². The molecule has 2 N–H and O–H groups in total. The second-order valence-electron chi connectivity index (χ2n) is 3.59. The van der Waals surface area contributed by atoms with E-state index in [-0.39, 0.29) is 0 Å². The molecule has 0 spiro atoms. The Bertz CT molecular complexity index is 206. The van der Waals surface area contributed by atoms with Crippen LogP contribution in [0.1, 0.15) is 38.2 Å². The Hall–Kier alpha value is -0.760. The van der Waals surface area contributed by atoms with E-state index in [0.717, 1.165) is 12.8 Å². The molecule has 1 aromatic rings. The summed E-state index contributed by atoms with van der Waals surface area (Å²) in [5, 5.41) is 0. The second-order valence-corrected chi connectivity index (χ2v) is 3.59. The average Bonchev–Trinajstić information content (AvgIpc) is 2.57. The molecule has 0 aliphatic carbocycles. The predicted octanol–water partition coefficient (Wildman–Crippen LogP) is 2.73. The van der Waals surface area contributed by atoms with Gasteiger partial charge in [-0.3, -0.25) is 0 Å². The summed E-state index contributed by atoms with van der Waals surface area (Å²) >= 11 is 0. The molecule has 74 valence electrons. The Kier molecular flexibility index (Phi) is 4.61. The summed E-state index contributed by atoms with van der Waals surface area (Å²) in [6.07, 6.45) is 9.35. The fourth-order valence-electron chi connectivity index (χ4n) is 1.47. The van der Waals surface area contributed by atoms with Crippen molar-refractivity contribution in [1.82, 2.24) is 0 Å². The van der Waals surface area contributed by atoms with Crippen molar-refractivity contribution in [3.63, 3.8) is 0 Å². The number of unbranched alkanes of at least 4 members (excludes halogenated alkanes) is 2. The van der Waals surface area contributed by atoms with Gasteiger partial charge >= 0.3 is 0 Å². The summed E-state index contributed by atoms with van der Waals surface area (Å²) in [6, 6.07) is 2.28. The predicted molar refractivity (Wildman–Crippen MR) is 54.5 cm³/mol. The van der Waals surface area contributed by atoms with Crippen molar-refractivity contribution in [1.29, 1.82) is 0 Å². The minimum Gasteiger partial charge on any atom is -0.472 e. The highest BCUT2D eigenvalue weighted by Gasteiger charge is 2.04. The van der Waals surface area contributed by atoms with Crippen molar-refractivity contribution in [2.75, 3.05) is 0 Å². The molecule has 1 atom stereocenters. The molecule has 0 fully saturated rings. The number of rotatable bonds is 6. The van der Waals surface area contributed by atoms with E-state index in [2.05, 4.69) is 6.92 Å². The number of hydrogen-bond acceptors (Lipinski definition) is 2. The first kappa shape index (κ1) is 10.3. The van der Waals surface area contributed by atoms with Gasteiger partial charge in [-0.15, -0.1) is 0 Å². The molecular formula is C11H19NO. The van der Waals surface area contributed by atoms with Gasteiger partial charge in [-0.05, 0) is 24.5 Å². The SMILES string of the molecule is CCCCCC(N)Cc1ccoc1. The second kappa shape index (κ2) is 5.81. The molecule has 0 aromatic carbocycles. The van der Waals surface area contributed by atoms with Gasteiger partial charge in [-0.1, -0.05) is 26.2 Å². The van der Waals surface area contributed by atoms with Crippen LogP contribution in [0.25, 0.3) is 0 Å². The summed E-state index contributed by atoms with van der Waals surface area (Å²) < 4.78 is 4.99. The zero-order chi connectivity index (χ0) is 9.52. The van der Waals surface area contributed by atoms with Gasteiger partial charge in [-0.2, -0.15) is 0 Å². The molecule has 0 bridgehead atoms. The van der Waals surface area contributed by atoms with Gasteiger partial charge in [0.25, 0.3) is 0 Å². The van der Waals surface area contributed by atoms with Gasteiger partial charge in [0.05, 0.1) is 12.5 Å². The summed E-state index contributed by atoms with van der Waals surface area (Å²) in [6.45, 7) is 2.21. The first-order valence-corrected chi connectivity index (χ1v) is 5.09. The van der Waals surface area contributed by atoms with Crippen LogP contribution < -0.4 is 5.73 Å². The minimum absolute atomic E-state index is 0.296. The number of hydrogen-bond donors (Lipinski definition) is 1. The Morgan fingerprint density at radius 1 is 1.46 bits per heavy atom. The van der Waals surface area contributed by atoms with E-state index in [9.17, 15) is 0 Å². The van der Waals surface area contributed by atoms with Crippen molar-refractivity contribution < 1.29 is 4.42 Å². The van der Waals surface area contributed by atoms with Crippen molar-refractivity contribution in [3.8, 4) is 0 Å². The molecule has 0 aliphatic heterocycles. The standard InChI is InChI=1S/C11H19NO/c1-2-3-4-5-11(12)8-10-6-7-13-9-10/h6-7,9,11H,2-5,8,12H2,1H3. The smallest absolute Gasteiger partial charge is 0.0935 e. The quantitative estimate of drug-likeness (QED) is 0.685. The van der Waals surface area contributed by atoms with Gasteiger partial charge in [0.1, 0.15) is 0 Å². The van der Waals surface area contributed by atoms with E-state index < -0.39 is 0 Å². The lowest BCUT2D eigenvalue weighted by molar-refractivity contribution is 0.542. The molecule has 1 aromatic heterocycles. The van der Waals surface area contributed by atoms with Crippen LogP contribution in [0, 0.1) is 0 Å². The van der Waals surface area contributed by atoms with E-state index in [4.69, 9.17) is 10.2 Å². The van der Waals surface area contributed by atoms with Gasteiger partial charge in [0, 0.05) is 6.04 Å². The van der Waals surface area contributed by atoms with E-state index in [1.54, 1.807) is 12.5 Å². The van der Waals surface area contributed by atoms with Crippen LogP contribution in [0.15, 0.2) is 23.0 Å². The maximum Gasteiger partial charge on any atom is 0.0935 e. The molecule has 1 unspecified atom stereocenters. The van der Waals surface area contributed by atoms with Crippen molar-refractivity contribution in [3.05, 3.63) is 24.2 Å². The maximum absolute atomic E-state index is 5.96. The van der Waals surface area contributed by atoms with Crippen LogP contribution in [0.4, 0.5) is 0 Å². The monoisotopic (exact) mass is 181 g/mol. The minimum atomic E-state index is 0.296. The zero-order valence-corrected chi connectivity index (χ0v) is 8.33. The van der Waals surface area contributed by atoms with Gasteiger partial charge < -0.3 is 10.2 Å². The van der Waals surface area contributed by atoms with Crippen molar-refractivity contribution in [2.24, 2.45) is 5.73 Å². The molecule has 1 rings (SSSR count). The molecule has 0 radical (unpaired) electrons.